The van der Waals surface area contributed by atoms with Gasteiger partial charge >= 0.3 is 0 Å². The van der Waals surface area contributed by atoms with Crippen LogP contribution in [0, 0.1) is 6.92 Å². The van der Waals surface area contributed by atoms with Crippen molar-refractivity contribution in [2.24, 2.45) is 0 Å². The van der Waals surface area contributed by atoms with Crippen LogP contribution in [0.1, 0.15) is 29.8 Å². The smallest absolute Gasteiger partial charge is 0.151 e. The molecule has 0 N–H and O–H groups in total. The molecule has 4 nitrogen and oxygen atoms in total. The van der Waals surface area contributed by atoms with Crippen LogP contribution in [0.3, 0.4) is 0 Å². The number of rotatable bonds is 2. The van der Waals surface area contributed by atoms with Crippen LogP contribution in [0.25, 0.3) is 0 Å². The molecular formula is C13H18N2O2. The number of nitrogens with zero attached hydrogens (tertiary/aromatic N) is 2. The summed E-state index contributed by atoms with van der Waals surface area (Å²) in [4.78, 5) is 17.3. The SMILES string of the molecule is Cc1cc(C=O)cnc1N1CCOC(C)(C)C1. The molecule has 2 rings (SSSR count). The van der Waals surface area contributed by atoms with Gasteiger partial charge in [-0.1, -0.05) is 0 Å². The van der Waals surface area contributed by atoms with Crippen molar-refractivity contribution in [2.75, 3.05) is 24.6 Å². The molecule has 1 saturated heterocycles. The first-order valence-corrected chi connectivity index (χ1v) is 5.82. The van der Waals surface area contributed by atoms with Crippen LogP contribution in [0.5, 0.6) is 0 Å². The van der Waals surface area contributed by atoms with E-state index in [-0.39, 0.29) is 5.60 Å². The lowest BCUT2D eigenvalue weighted by Crippen LogP contribution is -2.48. The number of aryl methyl sites for hydroxylation is 1. The molecule has 0 amide bonds. The molecule has 0 aliphatic carbocycles. The van der Waals surface area contributed by atoms with Crippen molar-refractivity contribution >= 4 is 12.1 Å². The van der Waals surface area contributed by atoms with Crippen molar-refractivity contribution in [2.45, 2.75) is 26.4 Å². The minimum atomic E-state index is -0.143. The zero-order valence-corrected chi connectivity index (χ0v) is 10.6. The molecule has 0 bridgehead atoms. The Labute approximate surface area is 102 Å². The second kappa shape index (κ2) is 4.45. The van der Waals surface area contributed by atoms with Crippen LogP contribution in [0.4, 0.5) is 5.82 Å². The second-order valence-electron chi connectivity index (χ2n) is 5.06. The van der Waals surface area contributed by atoms with Crippen molar-refractivity contribution in [1.82, 2.24) is 4.98 Å². The van der Waals surface area contributed by atoms with Gasteiger partial charge in [0.15, 0.2) is 6.29 Å². The Bertz CT molecular complexity index is 429. The number of carbonyl (C=O) groups is 1. The van der Waals surface area contributed by atoms with E-state index in [9.17, 15) is 4.79 Å². The zero-order chi connectivity index (χ0) is 12.5. The molecule has 2 heterocycles. The molecule has 1 aromatic heterocycles. The standard InChI is InChI=1S/C13H18N2O2/c1-10-6-11(8-16)7-14-12(10)15-4-5-17-13(2,3)9-15/h6-8H,4-5,9H2,1-3H3. The third-order valence-corrected chi connectivity index (χ3v) is 2.93. The van der Waals surface area contributed by atoms with E-state index in [1.807, 2.05) is 13.0 Å². The molecule has 0 aromatic carbocycles. The number of pyridine rings is 1. The van der Waals surface area contributed by atoms with Crippen LogP contribution >= 0.6 is 0 Å². The first-order valence-electron chi connectivity index (χ1n) is 5.82. The summed E-state index contributed by atoms with van der Waals surface area (Å²) in [6.45, 7) is 8.52. The van der Waals surface area contributed by atoms with Gasteiger partial charge in [-0.05, 0) is 32.4 Å². The van der Waals surface area contributed by atoms with Crippen molar-refractivity contribution < 1.29 is 9.53 Å². The predicted octanol–water partition coefficient (Wildman–Crippen LogP) is 1.82. The maximum Gasteiger partial charge on any atom is 0.151 e. The summed E-state index contributed by atoms with van der Waals surface area (Å²) < 4.78 is 5.68. The Morgan fingerprint density at radius 2 is 2.29 bits per heavy atom. The fourth-order valence-electron chi connectivity index (χ4n) is 2.18. The molecule has 0 unspecified atom stereocenters. The molecular weight excluding hydrogens is 216 g/mol. The summed E-state index contributed by atoms with van der Waals surface area (Å²) in [5.41, 5.74) is 1.52. The molecule has 0 atom stereocenters. The molecule has 0 spiro atoms. The van der Waals surface area contributed by atoms with E-state index in [0.29, 0.717) is 12.2 Å². The normalized spacial score (nSPS) is 19.1. The lowest BCUT2D eigenvalue weighted by Gasteiger charge is -2.39. The quantitative estimate of drug-likeness (QED) is 0.732. The topological polar surface area (TPSA) is 42.4 Å². The molecule has 4 heteroatoms. The van der Waals surface area contributed by atoms with Gasteiger partial charge in [0.2, 0.25) is 0 Å². The maximum absolute atomic E-state index is 10.7. The van der Waals surface area contributed by atoms with E-state index in [0.717, 1.165) is 30.8 Å². The van der Waals surface area contributed by atoms with Gasteiger partial charge in [-0.15, -0.1) is 0 Å². The van der Waals surface area contributed by atoms with Crippen LogP contribution < -0.4 is 4.90 Å². The van der Waals surface area contributed by atoms with Gasteiger partial charge in [-0.25, -0.2) is 4.98 Å². The molecule has 0 radical (unpaired) electrons. The van der Waals surface area contributed by atoms with Gasteiger partial charge < -0.3 is 9.64 Å². The first-order chi connectivity index (χ1) is 8.02. The van der Waals surface area contributed by atoms with E-state index in [2.05, 4.69) is 23.7 Å². The Hall–Kier alpha value is -1.42. The fourth-order valence-corrected chi connectivity index (χ4v) is 2.18. The number of anilines is 1. The number of hydrogen-bond acceptors (Lipinski definition) is 4. The summed E-state index contributed by atoms with van der Waals surface area (Å²) in [7, 11) is 0. The van der Waals surface area contributed by atoms with Crippen LogP contribution in [-0.2, 0) is 4.74 Å². The highest BCUT2D eigenvalue weighted by molar-refractivity contribution is 5.75. The molecule has 92 valence electrons. The Kier molecular flexibility index (Phi) is 3.15. The van der Waals surface area contributed by atoms with Crippen LogP contribution in [0.15, 0.2) is 12.3 Å². The highest BCUT2D eigenvalue weighted by atomic mass is 16.5. The highest BCUT2D eigenvalue weighted by Crippen LogP contribution is 2.24. The predicted molar refractivity (Wildman–Crippen MR) is 66.6 cm³/mol. The first kappa shape index (κ1) is 12.0. The van der Waals surface area contributed by atoms with E-state index in [1.54, 1.807) is 6.20 Å². The largest absolute Gasteiger partial charge is 0.372 e. The van der Waals surface area contributed by atoms with E-state index >= 15 is 0 Å². The summed E-state index contributed by atoms with van der Waals surface area (Å²) in [6.07, 6.45) is 2.45. The van der Waals surface area contributed by atoms with Gasteiger partial charge in [-0.3, -0.25) is 4.79 Å². The number of hydrogen-bond donors (Lipinski definition) is 0. The summed E-state index contributed by atoms with van der Waals surface area (Å²) in [5, 5.41) is 0. The molecule has 1 aliphatic heterocycles. The lowest BCUT2D eigenvalue weighted by atomic mass is 10.1. The van der Waals surface area contributed by atoms with Gasteiger partial charge in [0, 0.05) is 24.8 Å². The average molecular weight is 234 g/mol. The van der Waals surface area contributed by atoms with Gasteiger partial charge in [-0.2, -0.15) is 0 Å². The second-order valence-corrected chi connectivity index (χ2v) is 5.06. The Morgan fingerprint density at radius 1 is 1.53 bits per heavy atom. The van der Waals surface area contributed by atoms with Gasteiger partial charge in [0.1, 0.15) is 5.82 Å². The lowest BCUT2D eigenvalue weighted by molar-refractivity contribution is -0.0279. The van der Waals surface area contributed by atoms with Crippen molar-refractivity contribution in [1.29, 1.82) is 0 Å². The number of morpholine rings is 1. The van der Waals surface area contributed by atoms with Crippen molar-refractivity contribution in [3.63, 3.8) is 0 Å². The number of carbonyl (C=O) groups excluding carboxylic acids is 1. The maximum atomic E-state index is 10.7. The zero-order valence-electron chi connectivity index (χ0n) is 10.6. The highest BCUT2D eigenvalue weighted by Gasteiger charge is 2.28. The summed E-state index contributed by atoms with van der Waals surface area (Å²) in [6, 6.07) is 1.87. The van der Waals surface area contributed by atoms with E-state index in [1.165, 1.54) is 0 Å². The molecule has 1 aromatic rings. The van der Waals surface area contributed by atoms with Gasteiger partial charge in [0.05, 0.1) is 12.2 Å². The van der Waals surface area contributed by atoms with Gasteiger partial charge in [0.25, 0.3) is 0 Å². The summed E-state index contributed by atoms with van der Waals surface area (Å²) in [5.74, 6) is 0.951. The van der Waals surface area contributed by atoms with E-state index < -0.39 is 0 Å². The minimum absolute atomic E-state index is 0.143. The average Bonchev–Trinajstić information content (AvgIpc) is 2.27. The minimum Gasteiger partial charge on any atom is -0.372 e. The number of ether oxygens (including phenoxy) is 1. The third kappa shape index (κ3) is 2.64. The molecule has 1 fully saturated rings. The fraction of sp³-hybridized carbons (Fsp3) is 0.538. The van der Waals surface area contributed by atoms with Crippen LogP contribution in [-0.4, -0.2) is 36.6 Å². The number of aromatic nitrogens is 1. The Morgan fingerprint density at radius 3 is 2.88 bits per heavy atom. The molecule has 1 aliphatic rings. The summed E-state index contributed by atoms with van der Waals surface area (Å²) >= 11 is 0. The van der Waals surface area contributed by atoms with E-state index in [4.69, 9.17) is 4.74 Å². The monoisotopic (exact) mass is 234 g/mol. The van der Waals surface area contributed by atoms with Crippen molar-refractivity contribution in [3.05, 3.63) is 23.4 Å². The molecule has 17 heavy (non-hydrogen) atoms. The van der Waals surface area contributed by atoms with Crippen molar-refractivity contribution in [3.8, 4) is 0 Å². The molecule has 0 saturated carbocycles. The Balaban J connectivity index is 2.25. The number of aldehydes is 1. The van der Waals surface area contributed by atoms with Crippen LogP contribution in [0.2, 0.25) is 0 Å². The third-order valence-electron chi connectivity index (χ3n) is 2.93.